The minimum Gasteiger partial charge on any atom is -0.392 e. The predicted molar refractivity (Wildman–Crippen MR) is 98.7 cm³/mol. The molecule has 4 heterocycles. The van der Waals surface area contributed by atoms with Gasteiger partial charge in [-0.3, -0.25) is 9.80 Å². The molecule has 1 aromatic heterocycles. The van der Waals surface area contributed by atoms with Gasteiger partial charge in [0.15, 0.2) is 0 Å². The molecule has 3 aliphatic rings. The Bertz CT molecular complexity index is 608. The molecule has 5 nitrogen and oxygen atoms in total. The van der Waals surface area contributed by atoms with E-state index in [9.17, 15) is 5.11 Å². The number of nitrogens with zero attached hydrogens (tertiary/aromatic N) is 3. The van der Waals surface area contributed by atoms with Gasteiger partial charge in [-0.1, -0.05) is 0 Å². The van der Waals surface area contributed by atoms with Gasteiger partial charge in [0.05, 0.1) is 12.2 Å². The molecule has 3 fully saturated rings. The fraction of sp³-hybridized carbons (Fsp3) is 0.800. The molecule has 5 heteroatoms. The Morgan fingerprint density at radius 1 is 1.24 bits per heavy atom. The number of rotatable bonds is 4. The molecule has 0 aromatic carbocycles. The molecule has 2 unspecified atom stereocenters. The van der Waals surface area contributed by atoms with Crippen molar-refractivity contribution >= 4 is 0 Å². The molecule has 0 spiro atoms. The van der Waals surface area contributed by atoms with E-state index in [0.29, 0.717) is 18.2 Å². The van der Waals surface area contributed by atoms with Crippen molar-refractivity contribution in [2.45, 2.75) is 77.4 Å². The van der Waals surface area contributed by atoms with Gasteiger partial charge in [-0.15, -0.1) is 0 Å². The van der Waals surface area contributed by atoms with E-state index in [1.807, 2.05) is 0 Å². The van der Waals surface area contributed by atoms with E-state index in [1.165, 1.54) is 29.8 Å². The van der Waals surface area contributed by atoms with Crippen LogP contribution < -0.4 is 0 Å². The average Bonchev–Trinajstić information content (AvgIpc) is 3.25. The second-order valence-electron chi connectivity index (χ2n) is 8.42. The Kier molecular flexibility index (Phi) is 4.93. The number of aliphatic hydroxyl groups is 1. The van der Waals surface area contributed by atoms with Gasteiger partial charge < -0.3 is 14.4 Å². The van der Waals surface area contributed by atoms with Crippen molar-refractivity contribution < 1.29 is 9.84 Å². The predicted octanol–water partition coefficient (Wildman–Crippen LogP) is 1.92. The summed E-state index contributed by atoms with van der Waals surface area (Å²) in [4.78, 5) is 5.09. The van der Waals surface area contributed by atoms with Gasteiger partial charge in [0.2, 0.25) is 0 Å². The van der Waals surface area contributed by atoms with Crippen molar-refractivity contribution in [1.29, 1.82) is 0 Å². The van der Waals surface area contributed by atoms with E-state index in [0.717, 1.165) is 45.8 Å². The number of aromatic nitrogens is 1. The van der Waals surface area contributed by atoms with Crippen LogP contribution in [0.25, 0.3) is 0 Å². The highest BCUT2D eigenvalue weighted by atomic mass is 16.5. The van der Waals surface area contributed by atoms with Gasteiger partial charge in [-0.05, 0) is 51.7 Å². The van der Waals surface area contributed by atoms with Crippen molar-refractivity contribution in [2.75, 3.05) is 26.2 Å². The normalized spacial score (nSPS) is 33.9. The lowest BCUT2D eigenvalue weighted by Gasteiger charge is -2.42. The minimum atomic E-state index is -0.131. The van der Waals surface area contributed by atoms with Gasteiger partial charge in [-0.25, -0.2) is 0 Å². The summed E-state index contributed by atoms with van der Waals surface area (Å²) in [5.41, 5.74) is 4.20. The summed E-state index contributed by atoms with van der Waals surface area (Å²) in [6, 6.07) is 3.44. The minimum absolute atomic E-state index is 0.131. The molecular weight excluding hydrogens is 314 g/mol. The number of piperazine rings is 1. The Balaban J connectivity index is 1.45. The maximum atomic E-state index is 9.97. The van der Waals surface area contributed by atoms with Crippen LogP contribution in [0.5, 0.6) is 0 Å². The van der Waals surface area contributed by atoms with Gasteiger partial charge in [0.25, 0.3) is 0 Å². The molecule has 1 aromatic rings. The summed E-state index contributed by atoms with van der Waals surface area (Å²) >= 11 is 0. The zero-order valence-corrected chi connectivity index (χ0v) is 15.9. The summed E-state index contributed by atoms with van der Waals surface area (Å²) in [5, 5.41) is 9.97. The van der Waals surface area contributed by atoms with Crippen molar-refractivity contribution in [3.05, 3.63) is 23.0 Å². The summed E-state index contributed by atoms with van der Waals surface area (Å²) in [6.07, 6.45) is 3.58. The van der Waals surface area contributed by atoms with Gasteiger partial charge in [-0.2, -0.15) is 0 Å². The van der Waals surface area contributed by atoms with Crippen LogP contribution in [0.3, 0.4) is 0 Å². The molecule has 0 amide bonds. The second-order valence-corrected chi connectivity index (χ2v) is 8.42. The van der Waals surface area contributed by atoms with Crippen LogP contribution in [0.15, 0.2) is 6.07 Å². The molecular formula is C20H33N3O2. The topological polar surface area (TPSA) is 40.9 Å². The summed E-state index contributed by atoms with van der Waals surface area (Å²) in [7, 11) is 0. The fourth-order valence-electron chi connectivity index (χ4n) is 5.02. The van der Waals surface area contributed by atoms with E-state index in [1.54, 1.807) is 0 Å². The van der Waals surface area contributed by atoms with Crippen molar-refractivity contribution in [1.82, 2.24) is 14.4 Å². The lowest BCUT2D eigenvalue weighted by atomic mass is 10.1. The molecule has 0 aliphatic carbocycles. The monoisotopic (exact) mass is 347 g/mol. The Morgan fingerprint density at radius 2 is 2.08 bits per heavy atom. The molecule has 0 bridgehead atoms. The van der Waals surface area contributed by atoms with Gasteiger partial charge >= 0.3 is 0 Å². The third kappa shape index (κ3) is 3.52. The molecule has 3 aliphatic heterocycles. The number of aryl methyl sites for hydroxylation is 1. The van der Waals surface area contributed by atoms with Gasteiger partial charge in [0, 0.05) is 62.8 Å². The highest BCUT2D eigenvalue weighted by Gasteiger charge is 2.38. The van der Waals surface area contributed by atoms with Crippen molar-refractivity contribution in [3.8, 4) is 0 Å². The van der Waals surface area contributed by atoms with Crippen LogP contribution >= 0.6 is 0 Å². The standard InChI is InChI=1S/C20H33N3O2/c1-14-7-17(16(3)23(14)13-20-5-4-6-25-20)10-21-11-18-8-19(24)12-22(18)9-15(21)2/h7,15,18-20,24H,4-6,8-13H2,1-3H3/t15-,18?,19-,20?/m1/s1. The van der Waals surface area contributed by atoms with Crippen LogP contribution in [-0.2, 0) is 17.8 Å². The molecule has 4 atom stereocenters. The highest BCUT2D eigenvalue weighted by Crippen LogP contribution is 2.28. The first kappa shape index (κ1) is 17.5. The highest BCUT2D eigenvalue weighted by molar-refractivity contribution is 5.27. The lowest BCUT2D eigenvalue weighted by Crippen LogP contribution is -2.54. The van der Waals surface area contributed by atoms with Crippen LogP contribution in [0.1, 0.15) is 43.1 Å². The largest absolute Gasteiger partial charge is 0.392 e. The van der Waals surface area contributed by atoms with Crippen LogP contribution in [0.4, 0.5) is 0 Å². The maximum absolute atomic E-state index is 9.97. The first-order valence-corrected chi connectivity index (χ1v) is 9.94. The van der Waals surface area contributed by atoms with Gasteiger partial charge in [0.1, 0.15) is 0 Å². The number of hydrogen-bond acceptors (Lipinski definition) is 4. The van der Waals surface area contributed by atoms with Crippen molar-refractivity contribution in [3.63, 3.8) is 0 Å². The molecule has 3 saturated heterocycles. The van der Waals surface area contributed by atoms with Crippen LogP contribution in [0.2, 0.25) is 0 Å². The Morgan fingerprint density at radius 3 is 2.84 bits per heavy atom. The van der Waals surface area contributed by atoms with E-state index in [2.05, 4.69) is 41.2 Å². The maximum Gasteiger partial charge on any atom is 0.0754 e. The van der Waals surface area contributed by atoms with E-state index < -0.39 is 0 Å². The summed E-state index contributed by atoms with van der Waals surface area (Å²) < 4.78 is 8.29. The number of hydrogen-bond donors (Lipinski definition) is 1. The summed E-state index contributed by atoms with van der Waals surface area (Å²) in [5.74, 6) is 0. The third-order valence-corrected chi connectivity index (χ3v) is 6.54. The van der Waals surface area contributed by atoms with E-state index in [-0.39, 0.29) is 6.10 Å². The van der Waals surface area contributed by atoms with Crippen LogP contribution in [0, 0.1) is 13.8 Å². The zero-order valence-electron chi connectivity index (χ0n) is 15.9. The number of ether oxygens (including phenoxy) is 1. The first-order chi connectivity index (χ1) is 12.0. The molecule has 0 radical (unpaired) electrons. The Labute approximate surface area is 151 Å². The first-order valence-electron chi connectivity index (χ1n) is 9.94. The second kappa shape index (κ2) is 7.03. The zero-order chi connectivity index (χ0) is 17.6. The number of aliphatic hydroxyl groups excluding tert-OH is 1. The van der Waals surface area contributed by atoms with E-state index in [4.69, 9.17) is 4.74 Å². The molecule has 25 heavy (non-hydrogen) atoms. The number of fused-ring (bicyclic) bond motifs is 1. The smallest absolute Gasteiger partial charge is 0.0754 e. The summed E-state index contributed by atoms with van der Waals surface area (Å²) in [6.45, 7) is 12.8. The Hall–Kier alpha value is -0.880. The van der Waals surface area contributed by atoms with Crippen LogP contribution in [-0.4, -0.2) is 70.0 Å². The van der Waals surface area contributed by atoms with Crippen molar-refractivity contribution in [2.24, 2.45) is 0 Å². The van der Waals surface area contributed by atoms with E-state index >= 15 is 0 Å². The average molecular weight is 348 g/mol. The SMILES string of the molecule is Cc1cc(CN2CC3C[C@@H](O)CN3C[C@H]2C)c(C)n1CC1CCCO1. The molecule has 1 N–H and O–H groups in total. The molecule has 0 saturated carbocycles. The fourth-order valence-corrected chi connectivity index (χ4v) is 5.02. The molecule has 4 rings (SSSR count). The quantitative estimate of drug-likeness (QED) is 0.904. The lowest BCUT2D eigenvalue weighted by molar-refractivity contribution is 0.0526. The molecule has 140 valence electrons. The third-order valence-electron chi connectivity index (χ3n) is 6.54.